The zero-order valence-corrected chi connectivity index (χ0v) is 11.5. The maximum Gasteiger partial charge on any atom is 0.182 e. The zero-order valence-electron chi connectivity index (χ0n) is 9.92. The van der Waals surface area contributed by atoms with Crippen LogP contribution < -0.4 is 0 Å². The molecule has 0 aromatic carbocycles. The van der Waals surface area contributed by atoms with Crippen molar-refractivity contribution in [3.05, 3.63) is 21.4 Å². The number of aliphatic hydroxyl groups is 2. The van der Waals surface area contributed by atoms with Crippen molar-refractivity contribution in [1.82, 2.24) is 9.55 Å². The van der Waals surface area contributed by atoms with Crippen molar-refractivity contribution in [3.8, 4) is 12.3 Å². The summed E-state index contributed by atoms with van der Waals surface area (Å²) in [5, 5.41) is 19.0. The van der Waals surface area contributed by atoms with E-state index in [-0.39, 0.29) is 9.41 Å². The first kappa shape index (κ1) is 15.2. The number of rotatable bonds is 2. The Balaban J connectivity index is 2.51. The van der Waals surface area contributed by atoms with Crippen molar-refractivity contribution in [1.29, 1.82) is 0 Å². The third kappa shape index (κ3) is 2.19. The van der Waals surface area contributed by atoms with Gasteiger partial charge in [0, 0.05) is 6.20 Å². The summed E-state index contributed by atoms with van der Waals surface area (Å²) in [5.41, 5.74) is -1.90. The smallest absolute Gasteiger partial charge is 0.182 e. The monoisotopic (exact) mass is 320 g/mol. The molecule has 1 aromatic heterocycles. The highest BCUT2D eigenvalue weighted by Gasteiger charge is 2.55. The molecule has 0 spiro atoms. The second-order valence-electron chi connectivity index (χ2n) is 4.23. The van der Waals surface area contributed by atoms with Crippen LogP contribution in [0.25, 0.3) is 0 Å². The van der Waals surface area contributed by atoms with E-state index in [2.05, 4.69) is 17.2 Å². The number of nitrogens with zero attached hydrogens (tertiary/aromatic N) is 1. The van der Waals surface area contributed by atoms with E-state index in [9.17, 15) is 19.0 Å². The first-order chi connectivity index (χ1) is 9.36. The lowest BCUT2D eigenvalue weighted by Gasteiger charge is -2.23. The molecule has 1 aromatic rings. The summed E-state index contributed by atoms with van der Waals surface area (Å²) in [6.45, 7) is -0.791. The van der Waals surface area contributed by atoms with Gasteiger partial charge in [-0.2, -0.15) is 0 Å². The van der Waals surface area contributed by atoms with Crippen LogP contribution in [0.4, 0.5) is 8.78 Å². The number of terminal acetylenes is 1. The van der Waals surface area contributed by atoms with E-state index in [0.717, 1.165) is 10.8 Å². The number of halogens is 2. The average molecular weight is 320 g/mol. The van der Waals surface area contributed by atoms with Gasteiger partial charge < -0.3 is 19.9 Å². The number of aromatic amines is 1. The predicted octanol–water partition coefficient (Wildman–Crippen LogP) is 1.01. The zero-order chi connectivity index (χ0) is 15.1. The minimum Gasteiger partial charge on any atom is -0.392 e. The van der Waals surface area contributed by atoms with Crippen LogP contribution in [0.15, 0.2) is 6.20 Å². The number of nitrogens with one attached hydrogen (secondary N) is 1. The van der Waals surface area contributed by atoms with Crippen molar-refractivity contribution in [2.24, 2.45) is 0 Å². The Morgan fingerprint density at radius 3 is 2.75 bits per heavy atom. The van der Waals surface area contributed by atoms with Gasteiger partial charge >= 0.3 is 0 Å². The molecule has 2 rings (SSSR count). The topological polar surface area (TPSA) is 70.4 Å². The molecule has 1 aliphatic heterocycles. The molecule has 0 aliphatic carbocycles. The van der Waals surface area contributed by atoms with Crippen LogP contribution in [0.5, 0.6) is 0 Å². The number of aromatic nitrogens is 2. The third-order valence-corrected chi connectivity index (χ3v) is 3.67. The van der Waals surface area contributed by atoms with Gasteiger partial charge in [-0.15, -0.1) is 6.42 Å². The highest BCUT2D eigenvalue weighted by Crippen LogP contribution is 2.38. The number of aliphatic hydroxyl groups excluding tert-OH is 2. The molecule has 0 radical (unpaired) electrons. The molecule has 0 amide bonds. The lowest BCUT2D eigenvalue weighted by Crippen LogP contribution is -2.44. The summed E-state index contributed by atoms with van der Waals surface area (Å²) in [6.07, 6.45) is 0.795. The van der Waals surface area contributed by atoms with Gasteiger partial charge in [-0.05, 0) is 12.2 Å². The Kier molecular flexibility index (Phi) is 4.04. The molecule has 4 atom stereocenters. The lowest BCUT2D eigenvalue weighted by molar-refractivity contribution is -0.0919. The molecule has 3 N–H and O–H groups in total. The van der Waals surface area contributed by atoms with Crippen LogP contribution in [-0.4, -0.2) is 44.2 Å². The first-order valence-corrected chi connectivity index (χ1v) is 6.27. The van der Waals surface area contributed by atoms with E-state index >= 15 is 0 Å². The molecule has 1 fully saturated rings. The molecule has 1 saturated heterocycles. The fourth-order valence-corrected chi connectivity index (χ4v) is 2.39. The lowest BCUT2D eigenvalue weighted by atomic mass is 9.98. The molecule has 9 heteroatoms. The second-order valence-corrected chi connectivity index (χ2v) is 5.03. The van der Waals surface area contributed by atoms with Crippen molar-refractivity contribution in [2.45, 2.75) is 24.1 Å². The van der Waals surface area contributed by atoms with Gasteiger partial charge in [0.15, 0.2) is 28.6 Å². The van der Waals surface area contributed by atoms with Crippen molar-refractivity contribution >= 4 is 24.4 Å². The molecule has 0 saturated carbocycles. The van der Waals surface area contributed by atoms with E-state index in [1.165, 1.54) is 0 Å². The molecule has 2 heterocycles. The Morgan fingerprint density at radius 2 is 2.25 bits per heavy atom. The van der Waals surface area contributed by atoms with Crippen molar-refractivity contribution in [2.75, 3.05) is 6.61 Å². The summed E-state index contributed by atoms with van der Waals surface area (Å²) >= 11 is 9.56. The second kappa shape index (κ2) is 5.31. The summed E-state index contributed by atoms with van der Waals surface area (Å²) in [6, 6.07) is 0. The maximum absolute atomic E-state index is 14.1. The maximum atomic E-state index is 14.1. The fraction of sp³-hybridized carbons (Fsp3) is 0.455. The molecule has 0 bridgehead atoms. The minimum atomic E-state index is -1.99. The van der Waals surface area contributed by atoms with Gasteiger partial charge in [0.2, 0.25) is 0 Å². The summed E-state index contributed by atoms with van der Waals surface area (Å²) < 4.78 is 33.4. The molecule has 108 valence electrons. The predicted molar refractivity (Wildman–Crippen MR) is 70.1 cm³/mol. The van der Waals surface area contributed by atoms with E-state index in [4.69, 9.17) is 23.4 Å². The summed E-state index contributed by atoms with van der Waals surface area (Å²) in [7, 11) is 0. The third-order valence-electron chi connectivity index (χ3n) is 3.06. The molecular weight excluding hydrogens is 310 g/mol. The Morgan fingerprint density at radius 1 is 1.60 bits per heavy atom. The van der Waals surface area contributed by atoms with E-state index in [0.29, 0.717) is 0 Å². The first-order valence-electron chi connectivity index (χ1n) is 5.46. The van der Waals surface area contributed by atoms with E-state index < -0.39 is 36.5 Å². The van der Waals surface area contributed by atoms with Gasteiger partial charge in [0.05, 0.1) is 6.61 Å². The van der Waals surface area contributed by atoms with E-state index in [1.54, 1.807) is 0 Å². The van der Waals surface area contributed by atoms with Crippen LogP contribution in [0.2, 0.25) is 0 Å². The summed E-state index contributed by atoms with van der Waals surface area (Å²) in [4.78, 5) is 2.36. The van der Waals surface area contributed by atoms with Crippen LogP contribution in [0, 0.1) is 27.6 Å². The fourth-order valence-electron chi connectivity index (χ4n) is 1.92. The number of ether oxygens (including phenoxy) is 1. The van der Waals surface area contributed by atoms with E-state index in [1.807, 2.05) is 5.92 Å². The van der Waals surface area contributed by atoms with Crippen LogP contribution >= 0.6 is 24.4 Å². The van der Waals surface area contributed by atoms with Crippen LogP contribution in [0.3, 0.4) is 0 Å². The minimum absolute atomic E-state index is 0.0954. The van der Waals surface area contributed by atoms with Gasteiger partial charge in [0.25, 0.3) is 0 Å². The highest BCUT2D eigenvalue weighted by atomic mass is 32.1. The molecule has 1 unspecified atom stereocenters. The van der Waals surface area contributed by atoms with Gasteiger partial charge in [-0.25, -0.2) is 8.78 Å². The average Bonchev–Trinajstić information content (AvgIpc) is 2.68. The van der Waals surface area contributed by atoms with Crippen LogP contribution in [-0.2, 0) is 4.74 Å². The molecular formula is C11H10F2N2O3S2. The quantitative estimate of drug-likeness (QED) is 0.560. The molecule has 1 aliphatic rings. The van der Waals surface area contributed by atoms with Gasteiger partial charge in [0.1, 0.15) is 10.7 Å². The van der Waals surface area contributed by atoms with Gasteiger partial charge in [-0.1, -0.05) is 18.1 Å². The standard InChI is InChI=1S/C11H10F2N2O3S2/c1-2-11(4-16)7(17)6(13)9(18-11)15-3-5(12)8(19)14-10(15)20/h1,3,6-7,9,16-17H,4H2,(H,14,19,20)/t6-,7?,9+,11+/m0/s1. The Labute approximate surface area is 122 Å². The molecule has 5 nitrogen and oxygen atoms in total. The largest absolute Gasteiger partial charge is 0.392 e. The van der Waals surface area contributed by atoms with Gasteiger partial charge in [-0.3, -0.25) is 4.57 Å². The Bertz CT molecular complexity index is 683. The molecule has 20 heavy (non-hydrogen) atoms. The summed E-state index contributed by atoms with van der Waals surface area (Å²) in [5.74, 6) is 1.19. The Hall–Kier alpha value is -1.18. The number of H-pyrrole nitrogens is 1. The SMILES string of the molecule is C#C[C@]1(CO)O[C@@H](n2cc(F)c(=S)[nH]c2=S)[C@@H](F)C1O. The number of hydrogen-bond acceptors (Lipinski definition) is 5. The number of hydrogen-bond donors (Lipinski definition) is 3. The van der Waals surface area contributed by atoms with Crippen molar-refractivity contribution < 1.29 is 23.7 Å². The normalized spacial score (nSPS) is 33.0. The highest BCUT2D eigenvalue weighted by molar-refractivity contribution is 7.72. The number of alkyl halides is 1. The van der Waals surface area contributed by atoms with Crippen molar-refractivity contribution in [3.63, 3.8) is 0 Å². The van der Waals surface area contributed by atoms with Crippen LogP contribution in [0.1, 0.15) is 6.23 Å².